The van der Waals surface area contributed by atoms with Gasteiger partial charge in [0.15, 0.2) is 0 Å². The number of hydrogen-bond acceptors (Lipinski definition) is 4. The molecule has 0 saturated carbocycles. The molecule has 4 nitrogen and oxygen atoms in total. The van der Waals surface area contributed by atoms with Crippen LogP contribution in [0.15, 0.2) is 120 Å². The van der Waals surface area contributed by atoms with Crippen molar-refractivity contribution < 1.29 is 9.47 Å². The van der Waals surface area contributed by atoms with E-state index >= 15 is 0 Å². The van der Waals surface area contributed by atoms with E-state index in [0.29, 0.717) is 12.0 Å². The predicted octanol–water partition coefficient (Wildman–Crippen LogP) is 12.7. The summed E-state index contributed by atoms with van der Waals surface area (Å²) in [5, 5.41) is 0. The molecule has 1 aromatic rings. The minimum atomic E-state index is 0.140. The summed E-state index contributed by atoms with van der Waals surface area (Å²) in [6.07, 6.45) is 49.1. The van der Waals surface area contributed by atoms with E-state index in [9.17, 15) is 0 Å². The van der Waals surface area contributed by atoms with Gasteiger partial charge in [0.1, 0.15) is 11.5 Å². The normalized spacial score (nSPS) is 23.6. The lowest BCUT2D eigenvalue weighted by atomic mass is 9.94. The quantitative estimate of drug-likeness (QED) is 0.0886. The third-order valence-electron chi connectivity index (χ3n) is 10.9. The van der Waals surface area contributed by atoms with E-state index in [4.69, 9.17) is 9.47 Å². The van der Waals surface area contributed by atoms with Crippen LogP contribution < -0.4 is 9.64 Å². The molecule has 52 heavy (non-hydrogen) atoms. The van der Waals surface area contributed by atoms with Crippen LogP contribution in [0.3, 0.4) is 0 Å². The molecule has 0 amide bonds. The van der Waals surface area contributed by atoms with E-state index in [-0.39, 0.29) is 18.1 Å². The van der Waals surface area contributed by atoms with Crippen molar-refractivity contribution in [3.8, 4) is 5.75 Å². The Hall–Kier alpha value is -3.66. The first-order valence-corrected chi connectivity index (χ1v) is 21.0. The summed E-state index contributed by atoms with van der Waals surface area (Å²) in [7, 11) is 0. The second-order valence-electron chi connectivity index (χ2n) is 15.4. The van der Waals surface area contributed by atoms with Gasteiger partial charge in [0, 0.05) is 11.4 Å². The van der Waals surface area contributed by atoms with Crippen LogP contribution in [0.2, 0.25) is 0 Å². The van der Waals surface area contributed by atoms with Crippen LogP contribution in [-0.2, 0) is 4.74 Å². The molecule has 4 heteroatoms. The molecule has 0 spiro atoms. The van der Waals surface area contributed by atoms with Crippen LogP contribution in [0, 0.1) is 5.92 Å². The number of benzene rings is 1. The largest absolute Gasteiger partial charge is 0.494 e. The first-order chi connectivity index (χ1) is 25.6. The van der Waals surface area contributed by atoms with Crippen molar-refractivity contribution in [2.75, 3.05) is 18.1 Å². The number of ether oxygens (including phenoxy) is 2. The molecule has 0 heterocycles. The standard InChI is InChI=1S/C48H68N2O2/c1-5-7-9-11-13-15-37-51-47-33-29-45(30-34-47)50(46-31-35-48(36-32-46)52-38-16-14-12-10-8-6-2)44-27-25-43(26-28-44)49(41-21-17-39(3)18-22-41)42-23-19-40(4)20-24-42/h17-19,21,23-31,33-36,40-41,43-44,46H,5-16,20,22,32,37-38H2,1-4H3. The minimum absolute atomic E-state index is 0.140. The number of unbranched alkanes of at least 4 members (excludes halogenated alkanes) is 10. The van der Waals surface area contributed by atoms with E-state index in [1.54, 1.807) is 0 Å². The Morgan fingerprint density at radius 3 is 1.71 bits per heavy atom. The van der Waals surface area contributed by atoms with Crippen LogP contribution in [0.5, 0.6) is 5.75 Å². The SMILES string of the molecule is CCCCCCCCOC1=CCC(N(c2ccc(OCCCCCCCC)cc2)C2C=CC(N(C3=CCC(C)C=C3)C3C=CC(C)=CC3)C=C2)C=C1. The Labute approximate surface area is 317 Å². The van der Waals surface area contributed by atoms with Crippen LogP contribution in [0.25, 0.3) is 0 Å². The molecule has 1 aromatic carbocycles. The monoisotopic (exact) mass is 705 g/mol. The van der Waals surface area contributed by atoms with Crippen LogP contribution >= 0.6 is 0 Å². The highest BCUT2D eigenvalue weighted by atomic mass is 16.5. The Morgan fingerprint density at radius 2 is 1.13 bits per heavy atom. The molecular formula is C48H68N2O2. The Balaban J connectivity index is 1.27. The molecule has 3 atom stereocenters. The summed E-state index contributed by atoms with van der Waals surface area (Å²) in [4.78, 5) is 5.18. The van der Waals surface area contributed by atoms with Crippen molar-refractivity contribution in [3.63, 3.8) is 0 Å². The van der Waals surface area contributed by atoms with E-state index in [1.165, 1.54) is 81.2 Å². The second-order valence-corrected chi connectivity index (χ2v) is 15.4. The molecule has 4 aliphatic rings. The van der Waals surface area contributed by atoms with Crippen molar-refractivity contribution in [1.82, 2.24) is 4.90 Å². The fourth-order valence-corrected chi connectivity index (χ4v) is 7.72. The highest BCUT2D eigenvalue weighted by molar-refractivity contribution is 5.55. The predicted molar refractivity (Wildman–Crippen MR) is 223 cm³/mol. The number of nitrogens with zero attached hydrogens (tertiary/aromatic N) is 2. The van der Waals surface area contributed by atoms with Crippen LogP contribution in [-0.4, -0.2) is 42.3 Å². The topological polar surface area (TPSA) is 24.9 Å². The zero-order valence-corrected chi connectivity index (χ0v) is 32.9. The number of rotatable bonds is 22. The molecule has 0 fully saturated rings. The molecule has 0 saturated heterocycles. The van der Waals surface area contributed by atoms with Gasteiger partial charge in [-0.1, -0.05) is 151 Å². The van der Waals surface area contributed by atoms with Gasteiger partial charge in [-0.15, -0.1) is 0 Å². The molecule has 0 bridgehead atoms. The van der Waals surface area contributed by atoms with Gasteiger partial charge in [0.25, 0.3) is 0 Å². The number of anilines is 1. The molecular weight excluding hydrogens is 637 g/mol. The Morgan fingerprint density at radius 1 is 0.558 bits per heavy atom. The van der Waals surface area contributed by atoms with E-state index < -0.39 is 0 Å². The van der Waals surface area contributed by atoms with Crippen molar-refractivity contribution in [3.05, 3.63) is 120 Å². The van der Waals surface area contributed by atoms with Gasteiger partial charge in [0.2, 0.25) is 0 Å². The zero-order valence-electron chi connectivity index (χ0n) is 32.9. The summed E-state index contributed by atoms with van der Waals surface area (Å²) < 4.78 is 12.4. The average molecular weight is 705 g/mol. The Kier molecular flexibility index (Phi) is 16.6. The van der Waals surface area contributed by atoms with E-state index in [0.717, 1.165) is 56.8 Å². The van der Waals surface area contributed by atoms with Gasteiger partial charge in [-0.2, -0.15) is 0 Å². The lowest BCUT2D eigenvalue weighted by Crippen LogP contribution is -2.45. The van der Waals surface area contributed by atoms with E-state index in [1.807, 2.05) is 0 Å². The van der Waals surface area contributed by atoms with Gasteiger partial charge >= 0.3 is 0 Å². The summed E-state index contributed by atoms with van der Waals surface area (Å²) >= 11 is 0. The maximum atomic E-state index is 6.21. The van der Waals surface area contributed by atoms with Crippen molar-refractivity contribution in [1.29, 1.82) is 0 Å². The van der Waals surface area contributed by atoms with Crippen LogP contribution in [0.1, 0.15) is 124 Å². The lowest BCUT2D eigenvalue weighted by Gasteiger charge is -2.42. The molecule has 0 radical (unpaired) electrons. The van der Waals surface area contributed by atoms with Gasteiger partial charge < -0.3 is 19.3 Å². The average Bonchev–Trinajstić information content (AvgIpc) is 3.17. The zero-order chi connectivity index (χ0) is 36.4. The smallest absolute Gasteiger partial charge is 0.119 e. The molecule has 5 rings (SSSR count). The molecule has 3 unspecified atom stereocenters. The minimum Gasteiger partial charge on any atom is -0.494 e. The molecule has 0 N–H and O–H groups in total. The number of allylic oxidation sites excluding steroid dienone is 6. The maximum Gasteiger partial charge on any atom is 0.119 e. The third-order valence-corrected chi connectivity index (χ3v) is 10.9. The summed E-state index contributed by atoms with van der Waals surface area (Å²) in [5.74, 6) is 2.57. The van der Waals surface area contributed by atoms with Gasteiger partial charge in [-0.3, -0.25) is 0 Å². The molecule has 0 aromatic heterocycles. The molecule has 4 aliphatic carbocycles. The van der Waals surface area contributed by atoms with E-state index in [2.05, 4.69) is 141 Å². The van der Waals surface area contributed by atoms with Gasteiger partial charge in [-0.25, -0.2) is 0 Å². The first kappa shape index (κ1) is 39.5. The second kappa shape index (κ2) is 21.8. The van der Waals surface area contributed by atoms with Crippen molar-refractivity contribution in [2.45, 2.75) is 148 Å². The Bertz CT molecular complexity index is 1440. The highest BCUT2D eigenvalue weighted by Crippen LogP contribution is 2.33. The lowest BCUT2D eigenvalue weighted by molar-refractivity contribution is 0.214. The summed E-state index contributed by atoms with van der Waals surface area (Å²) in [6, 6.07) is 9.72. The fourth-order valence-electron chi connectivity index (χ4n) is 7.72. The first-order valence-electron chi connectivity index (χ1n) is 21.0. The highest BCUT2D eigenvalue weighted by Gasteiger charge is 2.29. The van der Waals surface area contributed by atoms with Gasteiger partial charge in [-0.05, 0) is 87.4 Å². The van der Waals surface area contributed by atoms with Crippen LogP contribution in [0.4, 0.5) is 5.69 Å². The number of hydrogen-bond donors (Lipinski definition) is 0. The maximum absolute atomic E-state index is 6.21. The molecule has 0 aliphatic heterocycles. The summed E-state index contributed by atoms with van der Waals surface area (Å²) in [5.41, 5.74) is 3.90. The fraction of sp³-hybridized carbons (Fsp3) is 0.542. The summed E-state index contributed by atoms with van der Waals surface area (Å²) in [6.45, 7) is 10.6. The van der Waals surface area contributed by atoms with Gasteiger partial charge in [0.05, 0.1) is 37.4 Å². The molecule has 282 valence electrons. The van der Waals surface area contributed by atoms with Crippen molar-refractivity contribution >= 4 is 5.69 Å². The van der Waals surface area contributed by atoms with Crippen molar-refractivity contribution in [2.24, 2.45) is 5.92 Å². The third kappa shape index (κ3) is 12.2.